The quantitative estimate of drug-likeness (QED) is 0.228. The van der Waals surface area contributed by atoms with E-state index in [1.165, 1.54) is 9.13 Å². The molecular formula is C9H12IN3O. The molecule has 0 amide bonds. The van der Waals surface area contributed by atoms with Gasteiger partial charge in [0.2, 0.25) is 0 Å². The number of nitrogens with one attached hydrogen (secondary N) is 2. The minimum absolute atomic E-state index is 0.0431. The lowest BCUT2D eigenvalue weighted by Crippen LogP contribution is -2.72. The summed E-state index contributed by atoms with van der Waals surface area (Å²) in [6.07, 6.45) is 0. The first-order chi connectivity index (χ1) is 6.61. The molecule has 0 heterocycles. The Bertz CT molecular complexity index is 332. The minimum Gasteiger partial charge on any atom is -0.747 e. The van der Waals surface area contributed by atoms with E-state index in [1.54, 1.807) is 5.16 Å². The van der Waals surface area contributed by atoms with Crippen LogP contribution in [-0.2, 0) is 6.54 Å². The van der Waals surface area contributed by atoms with Crippen LogP contribution in [0.25, 0.3) is 0 Å². The van der Waals surface area contributed by atoms with E-state index < -0.39 is 0 Å². The van der Waals surface area contributed by atoms with E-state index >= 15 is 0 Å². The third kappa shape index (κ3) is 3.41. The summed E-state index contributed by atoms with van der Waals surface area (Å²) in [7, 11) is 0. The fraction of sp³-hybridized carbons (Fsp3) is 0.222. The number of aryl methyl sites for hydroxylation is 1. The molecule has 0 saturated heterocycles. The van der Waals surface area contributed by atoms with E-state index in [1.807, 2.05) is 19.1 Å². The van der Waals surface area contributed by atoms with Gasteiger partial charge in [-0.05, 0) is 52.8 Å². The van der Waals surface area contributed by atoms with Crippen LogP contribution >= 0.6 is 22.6 Å². The molecule has 0 radical (unpaired) electrons. The molecule has 1 rings (SSSR count). The fourth-order valence-corrected chi connectivity index (χ4v) is 2.04. The van der Waals surface area contributed by atoms with Crippen molar-refractivity contribution in [1.29, 1.82) is 0 Å². The van der Waals surface area contributed by atoms with Crippen molar-refractivity contribution in [3.05, 3.63) is 38.1 Å². The molecule has 0 aliphatic rings. The van der Waals surface area contributed by atoms with Crippen LogP contribution in [-0.4, -0.2) is 5.96 Å². The van der Waals surface area contributed by atoms with Crippen LogP contribution in [0, 0.1) is 15.7 Å². The molecule has 1 aromatic carbocycles. The highest BCUT2D eigenvalue weighted by atomic mass is 127. The van der Waals surface area contributed by atoms with Crippen LogP contribution in [0.15, 0.2) is 18.2 Å². The van der Waals surface area contributed by atoms with Crippen molar-refractivity contribution < 1.29 is 5.16 Å². The summed E-state index contributed by atoms with van der Waals surface area (Å²) in [5.41, 5.74) is 7.58. The molecule has 0 unspecified atom stereocenters. The third-order valence-corrected chi connectivity index (χ3v) is 2.32. The second-order valence-corrected chi connectivity index (χ2v) is 4.25. The van der Waals surface area contributed by atoms with E-state index in [2.05, 4.69) is 34.0 Å². The molecule has 0 aliphatic carbocycles. The summed E-state index contributed by atoms with van der Waals surface area (Å²) < 4.78 is 1.17. The van der Waals surface area contributed by atoms with Gasteiger partial charge in [-0.1, -0.05) is 6.07 Å². The topological polar surface area (TPSA) is 75.1 Å². The molecule has 0 saturated carbocycles. The van der Waals surface area contributed by atoms with Crippen LogP contribution < -0.4 is 16.2 Å². The van der Waals surface area contributed by atoms with Gasteiger partial charge in [-0.25, -0.2) is 0 Å². The van der Waals surface area contributed by atoms with Gasteiger partial charge in [0.25, 0.3) is 0 Å². The van der Waals surface area contributed by atoms with Gasteiger partial charge in [-0.2, -0.15) is 0 Å². The molecule has 5 heteroatoms. The average Bonchev–Trinajstić information content (AvgIpc) is 2.12. The molecule has 0 atom stereocenters. The molecule has 0 fully saturated rings. The predicted octanol–water partition coefficient (Wildman–Crippen LogP) is -0.418. The summed E-state index contributed by atoms with van der Waals surface area (Å²) >= 11 is 2.25. The van der Waals surface area contributed by atoms with E-state index in [-0.39, 0.29) is 5.96 Å². The highest BCUT2D eigenvalue weighted by molar-refractivity contribution is 14.1. The number of hydrogen-bond donors (Lipinski definition) is 3. The fourth-order valence-electron chi connectivity index (χ4n) is 1.15. The van der Waals surface area contributed by atoms with Gasteiger partial charge >= 0.3 is 5.96 Å². The zero-order chi connectivity index (χ0) is 10.6. The molecule has 76 valence electrons. The Kier molecular flexibility index (Phi) is 3.99. The molecule has 1 aromatic rings. The Morgan fingerprint density at radius 1 is 1.57 bits per heavy atom. The number of guanidine groups is 1. The summed E-state index contributed by atoms with van der Waals surface area (Å²) in [5.74, 6) is 0.0431. The van der Waals surface area contributed by atoms with Gasteiger partial charge < -0.3 is 5.21 Å². The Hall–Kier alpha value is -0.980. The Labute approximate surface area is 96.3 Å². The second-order valence-electron chi connectivity index (χ2n) is 3.01. The monoisotopic (exact) mass is 305 g/mol. The molecule has 4 N–H and O–H groups in total. The lowest BCUT2D eigenvalue weighted by atomic mass is 10.1. The van der Waals surface area contributed by atoms with Crippen molar-refractivity contribution in [3.8, 4) is 0 Å². The molecule has 0 spiro atoms. The largest absolute Gasteiger partial charge is 0.747 e. The van der Waals surface area contributed by atoms with Crippen LogP contribution in [0.3, 0.4) is 0 Å². The first-order valence-electron chi connectivity index (χ1n) is 4.12. The van der Waals surface area contributed by atoms with Gasteiger partial charge in [0.15, 0.2) is 0 Å². The van der Waals surface area contributed by atoms with E-state index in [9.17, 15) is 5.21 Å². The van der Waals surface area contributed by atoms with Crippen molar-refractivity contribution in [2.75, 3.05) is 0 Å². The van der Waals surface area contributed by atoms with Gasteiger partial charge in [-0.15, -0.1) is 0 Å². The molecule has 0 aromatic heterocycles. The van der Waals surface area contributed by atoms with Crippen molar-refractivity contribution in [3.63, 3.8) is 0 Å². The first-order valence-corrected chi connectivity index (χ1v) is 5.20. The molecule has 0 bridgehead atoms. The number of hydrogen-bond acceptors (Lipinski definition) is 1. The molecule has 0 aliphatic heterocycles. The van der Waals surface area contributed by atoms with Crippen LogP contribution in [0.5, 0.6) is 0 Å². The third-order valence-electron chi connectivity index (χ3n) is 1.69. The van der Waals surface area contributed by atoms with Crippen molar-refractivity contribution in [2.24, 2.45) is 5.73 Å². The molecule has 4 nitrogen and oxygen atoms in total. The standard InChI is InChI=1S/C9H12IN3O/c1-6-2-7(4-8(10)3-6)5-12-9(11)13-14/h2-4,12-13H,5,11H2,1H3/b13-9-. The average molecular weight is 305 g/mol. The smallest absolute Gasteiger partial charge is 0.341 e. The van der Waals surface area contributed by atoms with Gasteiger partial charge in [0.05, 0.1) is 6.54 Å². The minimum atomic E-state index is 0.0431. The van der Waals surface area contributed by atoms with Crippen LogP contribution in [0.2, 0.25) is 0 Å². The summed E-state index contributed by atoms with van der Waals surface area (Å²) in [6, 6.07) is 6.18. The van der Waals surface area contributed by atoms with E-state index in [0.717, 1.165) is 5.56 Å². The predicted molar refractivity (Wildman–Crippen MR) is 64.3 cm³/mol. The number of halogens is 1. The van der Waals surface area contributed by atoms with Crippen molar-refractivity contribution in [2.45, 2.75) is 13.5 Å². The maximum atomic E-state index is 10.1. The van der Waals surface area contributed by atoms with Crippen LogP contribution in [0.4, 0.5) is 0 Å². The number of benzene rings is 1. The lowest BCUT2D eigenvalue weighted by molar-refractivity contribution is -0.377. The maximum absolute atomic E-state index is 10.1. The SMILES string of the molecule is Cc1cc(I)cc(CN/C(N)=[NH+]\[O-])c1. The Balaban J connectivity index is 2.67. The summed E-state index contributed by atoms with van der Waals surface area (Å²) in [6.45, 7) is 2.59. The Morgan fingerprint density at radius 2 is 2.29 bits per heavy atom. The number of nitrogens with two attached hydrogens (primary N) is 1. The summed E-state index contributed by atoms with van der Waals surface area (Å²) in [4.78, 5) is 0. The molecule has 14 heavy (non-hydrogen) atoms. The normalized spacial score (nSPS) is 11.4. The van der Waals surface area contributed by atoms with Gasteiger partial charge in [0.1, 0.15) is 0 Å². The second kappa shape index (κ2) is 5.04. The van der Waals surface area contributed by atoms with Crippen LogP contribution in [0.1, 0.15) is 11.1 Å². The van der Waals surface area contributed by atoms with Gasteiger partial charge in [-0.3, -0.25) is 16.2 Å². The van der Waals surface area contributed by atoms with E-state index in [0.29, 0.717) is 6.54 Å². The molecular weight excluding hydrogens is 293 g/mol. The number of rotatable bonds is 2. The Morgan fingerprint density at radius 3 is 2.86 bits per heavy atom. The lowest BCUT2D eigenvalue weighted by Gasteiger charge is -2.03. The highest BCUT2D eigenvalue weighted by Crippen LogP contribution is 2.11. The highest BCUT2D eigenvalue weighted by Gasteiger charge is 2.00. The van der Waals surface area contributed by atoms with Gasteiger partial charge in [0, 0.05) is 3.57 Å². The van der Waals surface area contributed by atoms with E-state index in [4.69, 9.17) is 5.73 Å². The van der Waals surface area contributed by atoms with Crippen molar-refractivity contribution in [1.82, 2.24) is 5.32 Å². The zero-order valence-corrected chi connectivity index (χ0v) is 9.96. The first kappa shape index (κ1) is 11.1. The maximum Gasteiger partial charge on any atom is 0.341 e. The summed E-state index contributed by atoms with van der Waals surface area (Å²) in [5, 5.41) is 14.5. The van der Waals surface area contributed by atoms with Crippen molar-refractivity contribution >= 4 is 28.6 Å². The zero-order valence-electron chi connectivity index (χ0n) is 7.80.